The van der Waals surface area contributed by atoms with Gasteiger partial charge < -0.3 is 11.5 Å². The van der Waals surface area contributed by atoms with Crippen LogP contribution in [0.3, 0.4) is 0 Å². The zero-order valence-corrected chi connectivity index (χ0v) is 8.27. The Labute approximate surface area is 71.3 Å². The summed E-state index contributed by atoms with van der Waals surface area (Å²) in [5.74, 6) is 0.782. The Morgan fingerprint density at radius 3 is 2.00 bits per heavy atom. The molecule has 0 aromatic heterocycles. The van der Waals surface area contributed by atoms with E-state index in [1.54, 1.807) is 0 Å². The number of hydrogen-bond donors (Lipinski definition) is 2. The molecule has 0 aliphatic heterocycles. The topological polar surface area (TPSA) is 52.0 Å². The van der Waals surface area contributed by atoms with Gasteiger partial charge in [0.25, 0.3) is 0 Å². The zero-order chi connectivity index (χ0) is 9.11. The van der Waals surface area contributed by atoms with E-state index in [0.717, 1.165) is 12.5 Å². The van der Waals surface area contributed by atoms with Crippen LogP contribution in [0.25, 0.3) is 0 Å². The molecule has 2 heteroatoms. The van der Waals surface area contributed by atoms with Crippen LogP contribution in [0.15, 0.2) is 0 Å². The van der Waals surface area contributed by atoms with Crippen LogP contribution in [-0.2, 0) is 0 Å². The minimum Gasteiger partial charge on any atom is -0.333 e. The van der Waals surface area contributed by atoms with E-state index in [-0.39, 0.29) is 0 Å². The third-order valence-electron chi connectivity index (χ3n) is 1.88. The van der Waals surface area contributed by atoms with E-state index < -0.39 is 0 Å². The molecule has 0 aromatic carbocycles. The van der Waals surface area contributed by atoms with Crippen molar-refractivity contribution in [2.24, 2.45) is 17.4 Å². The Morgan fingerprint density at radius 1 is 1.18 bits per heavy atom. The van der Waals surface area contributed by atoms with Crippen LogP contribution in [0.4, 0.5) is 0 Å². The van der Waals surface area contributed by atoms with Crippen molar-refractivity contribution >= 4 is 0 Å². The van der Waals surface area contributed by atoms with Crippen LogP contribution < -0.4 is 11.5 Å². The van der Waals surface area contributed by atoms with Crippen LogP contribution in [-0.4, -0.2) is 13.6 Å². The van der Waals surface area contributed by atoms with E-state index in [1.165, 1.54) is 32.7 Å². The second kappa shape index (κ2) is 12.6. The molecule has 0 heterocycles. The molecular formula is C9H24N2. The molecule has 1 unspecified atom stereocenters. The molecule has 0 bridgehead atoms. The summed E-state index contributed by atoms with van der Waals surface area (Å²) in [5, 5.41) is 0. The third kappa shape index (κ3) is 9.92. The summed E-state index contributed by atoms with van der Waals surface area (Å²) < 4.78 is 0. The van der Waals surface area contributed by atoms with Crippen molar-refractivity contribution in [1.29, 1.82) is 0 Å². The molecule has 0 rings (SSSR count). The molecule has 0 amide bonds. The Hall–Kier alpha value is -0.0800. The van der Waals surface area contributed by atoms with Gasteiger partial charge in [-0.25, -0.2) is 0 Å². The molecule has 0 spiro atoms. The first-order valence-corrected chi connectivity index (χ1v) is 4.62. The number of rotatable bonds is 5. The van der Waals surface area contributed by atoms with E-state index in [4.69, 9.17) is 5.73 Å². The summed E-state index contributed by atoms with van der Waals surface area (Å²) in [6.45, 7) is 5.31. The summed E-state index contributed by atoms with van der Waals surface area (Å²) in [6.07, 6.45) is 5.21. The molecule has 0 aliphatic rings. The summed E-state index contributed by atoms with van der Waals surface area (Å²) >= 11 is 0. The molecule has 11 heavy (non-hydrogen) atoms. The van der Waals surface area contributed by atoms with Crippen molar-refractivity contribution in [3.05, 3.63) is 0 Å². The first kappa shape index (κ1) is 13.5. The highest BCUT2D eigenvalue weighted by atomic mass is 14.5. The monoisotopic (exact) mass is 160 g/mol. The molecule has 1 atom stereocenters. The van der Waals surface area contributed by atoms with E-state index in [2.05, 4.69) is 19.6 Å². The molecular weight excluding hydrogens is 136 g/mol. The summed E-state index contributed by atoms with van der Waals surface area (Å²) in [5.41, 5.74) is 10.0. The average Bonchev–Trinajstić information content (AvgIpc) is 2.10. The summed E-state index contributed by atoms with van der Waals surface area (Å²) in [4.78, 5) is 0. The number of nitrogens with two attached hydrogens (primary N) is 2. The first-order valence-electron chi connectivity index (χ1n) is 4.62. The zero-order valence-electron chi connectivity index (χ0n) is 8.27. The Bertz CT molecular complexity index is 51.5. The maximum atomic E-state index is 5.52. The number of unbranched alkanes of at least 4 members (excludes halogenated alkanes) is 1. The minimum absolute atomic E-state index is 0.782. The lowest BCUT2D eigenvalue weighted by molar-refractivity contribution is 0.461. The van der Waals surface area contributed by atoms with Crippen molar-refractivity contribution in [2.75, 3.05) is 13.6 Å². The van der Waals surface area contributed by atoms with Gasteiger partial charge >= 0.3 is 0 Å². The highest BCUT2D eigenvalue weighted by molar-refractivity contribution is 4.56. The van der Waals surface area contributed by atoms with Gasteiger partial charge in [-0.3, -0.25) is 0 Å². The fourth-order valence-electron chi connectivity index (χ4n) is 0.981. The van der Waals surface area contributed by atoms with Crippen LogP contribution >= 0.6 is 0 Å². The molecule has 2 nitrogen and oxygen atoms in total. The highest BCUT2D eigenvalue weighted by Crippen LogP contribution is 2.09. The SMILES string of the molecule is CCCCC(CC)CN.CN. The fourth-order valence-corrected chi connectivity index (χ4v) is 0.981. The van der Waals surface area contributed by atoms with Gasteiger partial charge in [0.15, 0.2) is 0 Å². The lowest BCUT2D eigenvalue weighted by Gasteiger charge is -2.09. The van der Waals surface area contributed by atoms with Crippen molar-refractivity contribution in [3.8, 4) is 0 Å². The van der Waals surface area contributed by atoms with Crippen LogP contribution in [0.5, 0.6) is 0 Å². The molecule has 0 aromatic rings. The number of hydrogen-bond acceptors (Lipinski definition) is 2. The van der Waals surface area contributed by atoms with E-state index in [0.29, 0.717) is 0 Å². The van der Waals surface area contributed by atoms with Gasteiger partial charge in [0.1, 0.15) is 0 Å². The smallest absolute Gasteiger partial charge is 0.00490 e. The molecule has 0 radical (unpaired) electrons. The molecule has 0 saturated carbocycles. The van der Waals surface area contributed by atoms with Crippen LogP contribution in [0.1, 0.15) is 39.5 Å². The predicted molar refractivity (Wildman–Crippen MR) is 52.5 cm³/mol. The minimum atomic E-state index is 0.782. The third-order valence-corrected chi connectivity index (χ3v) is 1.88. The second-order valence-electron chi connectivity index (χ2n) is 2.65. The van der Waals surface area contributed by atoms with Gasteiger partial charge in [0.2, 0.25) is 0 Å². The Kier molecular flexibility index (Phi) is 15.4. The van der Waals surface area contributed by atoms with Gasteiger partial charge in [-0.2, -0.15) is 0 Å². The lowest BCUT2D eigenvalue weighted by atomic mass is 10.00. The van der Waals surface area contributed by atoms with Gasteiger partial charge in [-0.05, 0) is 25.9 Å². The molecule has 0 aliphatic carbocycles. The maximum absolute atomic E-state index is 5.52. The molecule has 0 fully saturated rings. The average molecular weight is 160 g/mol. The van der Waals surface area contributed by atoms with Crippen LogP contribution in [0, 0.1) is 5.92 Å². The highest BCUT2D eigenvalue weighted by Gasteiger charge is 2.00. The van der Waals surface area contributed by atoms with Crippen molar-refractivity contribution in [3.63, 3.8) is 0 Å². The van der Waals surface area contributed by atoms with Crippen molar-refractivity contribution < 1.29 is 0 Å². The van der Waals surface area contributed by atoms with E-state index in [1.807, 2.05) is 0 Å². The second-order valence-corrected chi connectivity index (χ2v) is 2.65. The maximum Gasteiger partial charge on any atom is -0.00490 e. The summed E-state index contributed by atoms with van der Waals surface area (Å²) in [6, 6.07) is 0. The largest absolute Gasteiger partial charge is 0.333 e. The standard InChI is InChI=1S/C8H19N.CH5N/c1-3-5-6-8(4-2)7-9;1-2/h8H,3-7,9H2,1-2H3;2H2,1H3. The quantitative estimate of drug-likeness (QED) is 0.643. The van der Waals surface area contributed by atoms with Crippen LogP contribution in [0.2, 0.25) is 0 Å². The van der Waals surface area contributed by atoms with Gasteiger partial charge in [-0.1, -0.05) is 33.1 Å². The van der Waals surface area contributed by atoms with Crippen molar-refractivity contribution in [1.82, 2.24) is 0 Å². The molecule has 70 valence electrons. The normalized spacial score (nSPS) is 11.7. The molecule has 4 N–H and O–H groups in total. The van der Waals surface area contributed by atoms with E-state index in [9.17, 15) is 0 Å². The van der Waals surface area contributed by atoms with Crippen molar-refractivity contribution in [2.45, 2.75) is 39.5 Å². The lowest BCUT2D eigenvalue weighted by Crippen LogP contribution is -2.12. The predicted octanol–water partition coefficient (Wildman–Crippen LogP) is 1.74. The van der Waals surface area contributed by atoms with Gasteiger partial charge in [0.05, 0.1) is 0 Å². The van der Waals surface area contributed by atoms with E-state index >= 15 is 0 Å². The Balaban J connectivity index is 0. The first-order chi connectivity index (χ1) is 5.35. The van der Waals surface area contributed by atoms with Gasteiger partial charge in [-0.15, -0.1) is 0 Å². The molecule has 0 saturated heterocycles. The Morgan fingerprint density at radius 2 is 1.73 bits per heavy atom. The van der Waals surface area contributed by atoms with Gasteiger partial charge in [0, 0.05) is 0 Å². The fraction of sp³-hybridized carbons (Fsp3) is 1.00. The summed E-state index contributed by atoms with van der Waals surface area (Å²) in [7, 11) is 1.50.